The smallest absolute Gasteiger partial charge is 0.0623 e. The number of hydrogen-bond acceptors (Lipinski definition) is 3. The van der Waals surface area contributed by atoms with Crippen LogP contribution in [0.25, 0.3) is 10.9 Å². The zero-order chi connectivity index (χ0) is 16.4. The van der Waals surface area contributed by atoms with Crippen LogP contribution in [0.1, 0.15) is 30.4 Å². The van der Waals surface area contributed by atoms with Crippen LogP contribution in [-0.4, -0.2) is 43.4 Å². The van der Waals surface area contributed by atoms with Crippen LogP contribution in [-0.2, 0) is 11.2 Å². The summed E-state index contributed by atoms with van der Waals surface area (Å²) in [5.74, 6) is 0.718. The topological polar surface area (TPSA) is 49.1 Å². The van der Waals surface area contributed by atoms with E-state index in [9.17, 15) is 0 Å². The molecule has 5 heteroatoms. The van der Waals surface area contributed by atoms with Crippen LogP contribution in [0.5, 0.6) is 0 Å². The first-order chi connectivity index (χ1) is 11.8. The van der Waals surface area contributed by atoms with Crippen LogP contribution in [0.2, 0.25) is 0 Å². The van der Waals surface area contributed by atoms with Gasteiger partial charge < -0.3 is 20.4 Å². The average molecular weight is 364 g/mol. The molecule has 1 saturated carbocycles. The molecule has 3 unspecified atom stereocenters. The Morgan fingerprint density at radius 3 is 3.04 bits per heavy atom. The maximum Gasteiger partial charge on any atom is 0.0623 e. The molecule has 1 aromatic carbocycles. The summed E-state index contributed by atoms with van der Waals surface area (Å²) in [7, 11) is 0. The molecule has 3 N–H and O–H groups in total. The molecule has 2 heterocycles. The Labute approximate surface area is 156 Å². The van der Waals surface area contributed by atoms with E-state index in [2.05, 4.69) is 46.9 Å². The number of hydrogen-bond donors (Lipinski definition) is 3. The molecule has 2 aliphatic rings. The highest BCUT2D eigenvalue weighted by molar-refractivity contribution is 5.86. The second-order valence-electron chi connectivity index (χ2n) is 7.35. The normalized spacial score (nSPS) is 26.7. The van der Waals surface area contributed by atoms with Crippen molar-refractivity contribution in [1.82, 2.24) is 15.6 Å². The van der Waals surface area contributed by atoms with Gasteiger partial charge in [0.15, 0.2) is 0 Å². The SMILES string of the molecule is Cc1cccc2c(CCNC3CCCC3C3COCCN3)c[nH]c12.Cl. The van der Waals surface area contributed by atoms with E-state index in [1.807, 2.05) is 0 Å². The number of rotatable bonds is 5. The third kappa shape index (κ3) is 4.03. The summed E-state index contributed by atoms with van der Waals surface area (Å²) in [6.45, 7) is 5.97. The summed E-state index contributed by atoms with van der Waals surface area (Å²) in [5.41, 5.74) is 4.04. The average Bonchev–Trinajstić information content (AvgIpc) is 3.24. The Morgan fingerprint density at radius 2 is 2.20 bits per heavy atom. The first-order valence-corrected chi connectivity index (χ1v) is 9.43. The summed E-state index contributed by atoms with van der Waals surface area (Å²) in [6.07, 6.45) is 7.23. The maximum atomic E-state index is 5.67. The summed E-state index contributed by atoms with van der Waals surface area (Å²) >= 11 is 0. The molecule has 138 valence electrons. The van der Waals surface area contributed by atoms with Crippen molar-refractivity contribution < 1.29 is 4.74 Å². The molecule has 1 aliphatic carbocycles. The van der Waals surface area contributed by atoms with Crippen molar-refractivity contribution >= 4 is 23.3 Å². The van der Waals surface area contributed by atoms with Crippen LogP contribution in [0.3, 0.4) is 0 Å². The predicted octanol–water partition coefficient (Wildman–Crippen LogP) is 3.19. The van der Waals surface area contributed by atoms with Crippen molar-refractivity contribution in [2.45, 2.75) is 44.7 Å². The van der Waals surface area contributed by atoms with Gasteiger partial charge in [0.25, 0.3) is 0 Å². The van der Waals surface area contributed by atoms with E-state index in [0.717, 1.165) is 38.6 Å². The largest absolute Gasteiger partial charge is 0.379 e. The molecule has 0 amide bonds. The molecule has 0 spiro atoms. The standard InChI is InChI=1S/C20H29N3O.ClH/c1-14-4-2-5-16-15(12-23-20(14)16)8-9-21-18-7-3-6-17(18)19-13-24-11-10-22-19;/h2,4-5,12,17-19,21-23H,3,6-11,13H2,1H3;1H. The highest BCUT2D eigenvalue weighted by Gasteiger charge is 2.34. The second-order valence-corrected chi connectivity index (χ2v) is 7.35. The monoisotopic (exact) mass is 363 g/mol. The van der Waals surface area contributed by atoms with E-state index < -0.39 is 0 Å². The molecule has 2 fully saturated rings. The van der Waals surface area contributed by atoms with Gasteiger partial charge in [-0.25, -0.2) is 0 Å². The van der Waals surface area contributed by atoms with Gasteiger partial charge in [-0.2, -0.15) is 0 Å². The number of fused-ring (bicyclic) bond motifs is 1. The molecule has 1 aromatic heterocycles. The van der Waals surface area contributed by atoms with Gasteiger partial charge >= 0.3 is 0 Å². The zero-order valence-corrected chi connectivity index (χ0v) is 15.8. The molecular formula is C20H30ClN3O. The van der Waals surface area contributed by atoms with Gasteiger partial charge in [-0.05, 0) is 49.8 Å². The Kier molecular flexibility index (Phi) is 6.39. The molecule has 4 nitrogen and oxygen atoms in total. The Bertz CT molecular complexity index is 681. The predicted molar refractivity (Wildman–Crippen MR) is 106 cm³/mol. The van der Waals surface area contributed by atoms with E-state index in [1.54, 1.807) is 0 Å². The first-order valence-electron chi connectivity index (χ1n) is 9.43. The Balaban J connectivity index is 0.00000182. The van der Waals surface area contributed by atoms with E-state index in [4.69, 9.17) is 4.74 Å². The number of H-pyrrole nitrogens is 1. The van der Waals surface area contributed by atoms with Crippen LogP contribution in [0.15, 0.2) is 24.4 Å². The lowest BCUT2D eigenvalue weighted by molar-refractivity contribution is 0.0526. The second kappa shape index (κ2) is 8.54. The molecule has 25 heavy (non-hydrogen) atoms. The number of aromatic nitrogens is 1. The molecule has 1 saturated heterocycles. The van der Waals surface area contributed by atoms with Gasteiger partial charge in [0, 0.05) is 35.7 Å². The Morgan fingerprint density at radius 1 is 1.28 bits per heavy atom. The maximum absolute atomic E-state index is 5.67. The van der Waals surface area contributed by atoms with E-state index in [0.29, 0.717) is 12.1 Å². The van der Waals surface area contributed by atoms with E-state index in [-0.39, 0.29) is 12.4 Å². The summed E-state index contributed by atoms with van der Waals surface area (Å²) in [5, 5.41) is 8.87. The van der Waals surface area contributed by atoms with Crippen molar-refractivity contribution in [1.29, 1.82) is 0 Å². The van der Waals surface area contributed by atoms with Gasteiger partial charge in [-0.1, -0.05) is 24.6 Å². The molecule has 0 bridgehead atoms. The molecule has 2 aromatic rings. The number of aryl methyl sites for hydroxylation is 1. The van der Waals surface area contributed by atoms with Gasteiger partial charge in [0.1, 0.15) is 0 Å². The number of halogens is 1. The minimum absolute atomic E-state index is 0. The van der Waals surface area contributed by atoms with Gasteiger partial charge in [0.2, 0.25) is 0 Å². The fraction of sp³-hybridized carbons (Fsp3) is 0.600. The van der Waals surface area contributed by atoms with Crippen molar-refractivity contribution in [3.63, 3.8) is 0 Å². The molecular weight excluding hydrogens is 334 g/mol. The van der Waals surface area contributed by atoms with Crippen molar-refractivity contribution in [3.8, 4) is 0 Å². The Hall–Kier alpha value is -1.07. The molecule has 0 radical (unpaired) electrons. The highest BCUT2D eigenvalue weighted by atomic mass is 35.5. The summed E-state index contributed by atoms with van der Waals surface area (Å²) < 4.78 is 5.67. The lowest BCUT2D eigenvalue weighted by Crippen LogP contribution is -2.51. The van der Waals surface area contributed by atoms with E-state index >= 15 is 0 Å². The fourth-order valence-electron chi connectivity index (χ4n) is 4.55. The van der Waals surface area contributed by atoms with Gasteiger partial charge in [-0.15, -0.1) is 12.4 Å². The summed E-state index contributed by atoms with van der Waals surface area (Å²) in [4.78, 5) is 3.44. The first kappa shape index (κ1) is 18.7. The number of aromatic amines is 1. The van der Waals surface area contributed by atoms with Crippen LogP contribution in [0, 0.1) is 12.8 Å². The molecule has 1 aliphatic heterocycles. The van der Waals surface area contributed by atoms with Gasteiger partial charge in [-0.3, -0.25) is 0 Å². The fourth-order valence-corrected chi connectivity index (χ4v) is 4.55. The number of morpholine rings is 1. The quantitative estimate of drug-likeness (QED) is 0.764. The van der Waals surface area contributed by atoms with Gasteiger partial charge in [0.05, 0.1) is 13.2 Å². The molecule has 4 rings (SSSR count). The number of nitrogens with one attached hydrogen (secondary N) is 3. The van der Waals surface area contributed by atoms with Crippen LogP contribution in [0.4, 0.5) is 0 Å². The van der Waals surface area contributed by atoms with E-state index in [1.165, 1.54) is 41.3 Å². The van der Waals surface area contributed by atoms with Crippen LogP contribution < -0.4 is 10.6 Å². The highest BCUT2D eigenvalue weighted by Crippen LogP contribution is 2.29. The summed E-state index contributed by atoms with van der Waals surface area (Å²) in [6, 6.07) is 7.73. The number of benzene rings is 1. The van der Waals surface area contributed by atoms with Crippen molar-refractivity contribution in [3.05, 3.63) is 35.5 Å². The minimum atomic E-state index is 0. The molecule has 3 atom stereocenters. The number of para-hydroxylation sites is 1. The third-order valence-corrected chi connectivity index (χ3v) is 5.85. The third-order valence-electron chi connectivity index (χ3n) is 5.85. The lowest BCUT2D eigenvalue weighted by atomic mass is 9.94. The number of ether oxygens (including phenoxy) is 1. The minimum Gasteiger partial charge on any atom is -0.379 e. The zero-order valence-electron chi connectivity index (χ0n) is 15.0. The van der Waals surface area contributed by atoms with Crippen LogP contribution >= 0.6 is 12.4 Å². The lowest BCUT2D eigenvalue weighted by Gasteiger charge is -2.33. The van der Waals surface area contributed by atoms with Crippen molar-refractivity contribution in [2.75, 3.05) is 26.3 Å². The van der Waals surface area contributed by atoms with Crippen molar-refractivity contribution in [2.24, 2.45) is 5.92 Å².